The van der Waals surface area contributed by atoms with Gasteiger partial charge >= 0.3 is 6.09 Å². The Morgan fingerprint density at radius 1 is 1.11 bits per heavy atom. The highest BCUT2D eigenvalue weighted by atomic mass is 16.8. The van der Waals surface area contributed by atoms with Crippen molar-refractivity contribution in [1.82, 2.24) is 9.80 Å². The molecule has 1 aromatic rings. The molecule has 6 heteroatoms. The van der Waals surface area contributed by atoms with Gasteiger partial charge in [-0.25, -0.2) is 4.79 Å². The maximum Gasteiger partial charge on any atom is 0.410 e. The van der Waals surface area contributed by atoms with Crippen LogP contribution in [-0.2, 0) is 20.8 Å². The van der Waals surface area contributed by atoms with Gasteiger partial charge < -0.3 is 19.1 Å². The van der Waals surface area contributed by atoms with E-state index in [0.717, 1.165) is 44.6 Å². The van der Waals surface area contributed by atoms with Crippen LogP contribution in [0.2, 0.25) is 0 Å². The Hall–Kier alpha value is -1.63. The zero-order chi connectivity index (χ0) is 19.7. The lowest BCUT2D eigenvalue weighted by Gasteiger charge is -2.45. The number of hydrogen-bond acceptors (Lipinski definition) is 5. The van der Waals surface area contributed by atoms with Crippen LogP contribution in [0, 0.1) is 11.8 Å². The van der Waals surface area contributed by atoms with Gasteiger partial charge in [0.1, 0.15) is 6.61 Å². The summed E-state index contributed by atoms with van der Waals surface area (Å²) in [6.45, 7) is 10.3. The third-order valence-corrected chi connectivity index (χ3v) is 5.87. The maximum absolute atomic E-state index is 12.3. The van der Waals surface area contributed by atoms with Gasteiger partial charge in [0.05, 0.1) is 5.60 Å². The van der Waals surface area contributed by atoms with Gasteiger partial charge in [-0.05, 0) is 51.0 Å². The largest absolute Gasteiger partial charge is 0.445 e. The molecule has 6 nitrogen and oxygen atoms in total. The topological polar surface area (TPSA) is 54.5 Å². The van der Waals surface area contributed by atoms with Crippen molar-refractivity contribution < 1.29 is 19.0 Å². The summed E-state index contributed by atoms with van der Waals surface area (Å²) in [4.78, 5) is 16.5. The Bertz CT molecular complexity index is 661. The van der Waals surface area contributed by atoms with Crippen molar-refractivity contribution in [2.24, 2.45) is 11.8 Å². The lowest BCUT2D eigenvalue weighted by Crippen LogP contribution is -2.54. The Labute approximate surface area is 167 Å². The van der Waals surface area contributed by atoms with Crippen molar-refractivity contribution in [1.29, 1.82) is 0 Å². The third-order valence-electron chi connectivity index (χ3n) is 5.87. The van der Waals surface area contributed by atoms with Gasteiger partial charge in [-0.2, -0.15) is 0 Å². The minimum atomic E-state index is -0.189. The first-order valence-electron chi connectivity index (χ1n) is 10.4. The molecular weight excluding hydrogens is 356 g/mol. The number of rotatable bonds is 5. The Morgan fingerprint density at radius 2 is 1.79 bits per heavy atom. The molecule has 0 saturated carbocycles. The van der Waals surface area contributed by atoms with E-state index < -0.39 is 0 Å². The Kier molecular flexibility index (Phi) is 5.63. The average Bonchev–Trinajstić information content (AvgIpc) is 3.36. The number of piperidine rings is 1. The van der Waals surface area contributed by atoms with Crippen LogP contribution >= 0.6 is 0 Å². The van der Waals surface area contributed by atoms with E-state index in [1.54, 1.807) is 0 Å². The zero-order valence-corrected chi connectivity index (χ0v) is 17.2. The molecule has 28 heavy (non-hydrogen) atoms. The van der Waals surface area contributed by atoms with E-state index >= 15 is 0 Å². The number of amides is 1. The summed E-state index contributed by atoms with van der Waals surface area (Å²) in [5.74, 6) is 1.40. The van der Waals surface area contributed by atoms with E-state index in [9.17, 15) is 4.79 Å². The number of ether oxygens (including phenoxy) is 3. The SMILES string of the molecule is CC(C)(C)OC1OC1N1CC(C2CCN(C(=O)OCc3ccccc3)CC2)C1. The fraction of sp³-hybridized carbons (Fsp3) is 0.682. The molecule has 0 aliphatic carbocycles. The van der Waals surface area contributed by atoms with Gasteiger partial charge in [0, 0.05) is 26.2 Å². The van der Waals surface area contributed by atoms with Gasteiger partial charge in [-0.15, -0.1) is 0 Å². The summed E-state index contributed by atoms with van der Waals surface area (Å²) in [5.41, 5.74) is 0.863. The quantitative estimate of drug-likeness (QED) is 0.723. The molecule has 1 aromatic carbocycles. The number of nitrogens with zero attached hydrogens (tertiary/aromatic N) is 2. The lowest BCUT2D eigenvalue weighted by molar-refractivity contribution is -0.0596. The molecule has 4 rings (SSSR count). The Balaban J connectivity index is 1.13. The first kappa shape index (κ1) is 19.7. The fourth-order valence-electron chi connectivity index (χ4n) is 4.20. The van der Waals surface area contributed by atoms with Crippen LogP contribution in [-0.4, -0.2) is 60.2 Å². The number of likely N-dealkylation sites (tertiary alicyclic amines) is 2. The van der Waals surface area contributed by atoms with E-state index in [1.165, 1.54) is 0 Å². The molecule has 2 unspecified atom stereocenters. The molecule has 3 heterocycles. The van der Waals surface area contributed by atoms with Gasteiger partial charge in [-0.3, -0.25) is 4.90 Å². The molecule has 3 aliphatic heterocycles. The predicted octanol–water partition coefficient (Wildman–Crippen LogP) is 3.46. The van der Waals surface area contributed by atoms with Crippen LogP contribution in [0.5, 0.6) is 0 Å². The van der Waals surface area contributed by atoms with Crippen molar-refractivity contribution in [3.63, 3.8) is 0 Å². The van der Waals surface area contributed by atoms with Gasteiger partial charge in [0.25, 0.3) is 0 Å². The molecular formula is C22H32N2O4. The maximum atomic E-state index is 12.3. The minimum Gasteiger partial charge on any atom is -0.445 e. The summed E-state index contributed by atoms with van der Waals surface area (Å²) >= 11 is 0. The number of carbonyl (C=O) groups excluding carboxylic acids is 1. The molecule has 154 valence electrons. The molecule has 0 spiro atoms. The summed E-state index contributed by atoms with van der Waals surface area (Å²) in [5, 5.41) is 0. The second-order valence-corrected chi connectivity index (χ2v) is 9.20. The van der Waals surface area contributed by atoms with Crippen LogP contribution in [0.1, 0.15) is 39.2 Å². The van der Waals surface area contributed by atoms with Crippen molar-refractivity contribution in [2.45, 2.75) is 58.3 Å². The first-order valence-corrected chi connectivity index (χ1v) is 10.4. The lowest BCUT2D eigenvalue weighted by atomic mass is 9.79. The van der Waals surface area contributed by atoms with Crippen LogP contribution in [0.3, 0.4) is 0 Å². The Morgan fingerprint density at radius 3 is 2.43 bits per heavy atom. The molecule has 3 fully saturated rings. The fourth-order valence-corrected chi connectivity index (χ4v) is 4.20. The van der Waals surface area contributed by atoms with E-state index in [2.05, 4.69) is 25.7 Å². The van der Waals surface area contributed by atoms with Crippen molar-refractivity contribution >= 4 is 6.09 Å². The normalized spacial score (nSPS) is 26.8. The zero-order valence-electron chi connectivity index (χ0n) is 17.2. The highest BCUT2D eigenvalue weighted by Crippen LogP contribution is 2.39. The average molecular weight is 389 g/mol. The molecule has 0 radical (unpaired) electrons. The molecule has 0 aromatic heterocycles. The highest BCUT2D eigenvalue weighted by molar-refractivity contribution is 5.67. The molecule has 2 atom stereocenters. The molecule has 3 aliphatic rings. The minimum absolute atomic E-state index is 0.0674. The number of hydrogen-bond donors (Lipinski definition) is 0. The van der Waals surface area contributed by atoms with E-state index in [-0.39, 0.29) is 24.2 Å². The standard InChI is InChI=1S/C22H32N2O4/c1-22(2,3)28-20-19(27-20)24-13-18(14-24)17-9-11-23(12-10-17)21(25)26-15-16-7-5-4-6-8-16/h4-8,17-20H,9-15H2,1-3H3. The van der Waals surface area contributed by atoms with Gasteiger partial charge in [0.2, 0.25) is 0 Å². The third kappa shape index (κ3) is 4.85. The second-order valence-electron chi connectivity index (χ2n) is 9.20. The molecule has 3 saturated heterocycles. The number of carbonyl (C=O) groups is 1. The van der Waals surface area contributed by atoms with Crippen LogP contribution in [0.4, 0.5) is 4.79 Å². The van der Waals surface area contributed by atoms with Crippen LogP contribution in [0.25, 0.3) is 0 Å². The van der Waals surface area contributed by atoms with Gasteiger partial charge in [-0.1, -0.05) is 30.3 Å². The highest BCUT2D eigenvalue weighted by Gasteiger charge is 2.51. The molecule has 0 bridgehead atoms. The second kappa shape index (κ2) is 8.01. The van der Waals surface area contributed by atoms with Crippen molar-refractivity contribution in [2.75, 3.05) is 26.2 Å². The van der Waals surface area contributed by atoms with Crippen molar-refractivity contribution in [3.05, 3.63) is 35.9 Å². The monoisotopic (exact) mass is 388 g/mol. The summed E-state index contributed by atoms with van der Waals surface area (Å²) in [6.07, 6.45) is 2.01. The van der Waals surface area contributed by atoms with E-state index in [0.29, 0.717) is 18.4 Å². The van der Waals surface area contributed by atoms with Gasteiger partial charge in [0.15, 0.2) is 12.5 Å². The number of benzene rings is 1. The van der Waals surface area contributed by atoms with E-state index in [4.69, 9.17) is 14.2 Å². The van der Waals surface area contributed by atoms with Crippen molar-refractivity contribution in [3.8, 4) is 0 Å². The molecule has 0 N–H and O–H groups in total. The predicted molar refractivity (Wildman–Crippen MR) is 105 cm³/mol. The summed E-state index contributed by atoms with van der Waals surface area (Å²) in [7, 11) is 0. The van der Waals surface area contributed by atoms with Crippen LogP contribution < -0.4 is 0 Å². The number of epoxide rings is 1. The smallest absolute Gasteiger partial charge is 0.410 e. The van der Waals surface area contributed by atoms with Crippen LogP contribution in [0.15, 0.2) is 30.3 Å². The first-order chi connectivity index (χ1) is 13.4. The molecule has 1 amide bonds. The van der Waals surface area contributed by atoms with E-state index in [1.807, 2.05) is 35.2 Å². The summed E-state index contributed by atoms with van der Waals surface area (Å²) < 4.78 is 17.0. The summed E-state index contributed by atoms with van der Waals surface area (Å²) in [6, 6.07) is 9.83.